The first-order chi connectivity index (χ1) is 11.7. The number of carbonyl (C=O) groups is 2. The van der Waals surface area contributed by atoms with Crippen molar-refractivity contribution in [1.29, 1.82) is 0 Å². The summed E-state index contributed by atoms with van der Waals surface area (Å²) in [7, 11) is 0. The van der Waals surface area contributed by atoms with Crippen LogP contribution in [0.3, 0.4) is 0 Å². The molecule has 5 heteroatoms. The van der Waals surface area contributed by atoms with Crippen molar-refractivity contribution in [2.45, 2.75) is 6.42 Å². The van der Waals surface area contributed by atoms with Crippen LogP contribution in [0.15, 0.2) is 60.8 Å². The van der Waals surface area contributed by atoms with Crippen molar-refractivity contribution in [2.75, 3.05) is 13.1 Å². The van der Waals surface area contributed by atoms with E-state index in [-0.39, 0.29) is 18.4 Å². The minimum atomic E-state index is -0.247. The number of benzene rings is 2. The summed E-state index contributed by atoms with van der Waals surface area (Å²) in [5, 5.41) is 6.59. The highest BCUT2D eigenvalue weighted by atomic mass is 16.2. The number of hydrogen-bond acceptors (Lipinski definition) is 2. The van der Waals surface area contributed by atoms with Gasteiger partial charge < -0.3 is 15.6 Å². The molecule has 0 spiro atoms. The summed E-state index contributed by atoms with van der Waals surface area (Å²) in [6, 6.07) is 17.1. The molecular weight excluding hydrogens is 302 g/mol. The Hall–Kier alpha value is -3.08. The zero-order valence-corrected chi connectivity index (χ0v) is 13.2. The highest BCUT2D eigenvalue weighted by molar-refractivity contribution is 5.96. The van der Waals surface area contributed by atoms with Crippen LogP contribution >= 0.6 is 0 Å². The van der Waals surface area contributed by atoms with Crippen molar-refractivity contribution in [2.24, 2.45) is 0 Å². The van der Waals surface area contributed by atoms with Crippen molar-refractivity contribution in [3.05, 3.63) is 71.9 Å². The van der Waals surface area contributed by atoms with E-state index >= 15 is 0 Å². The summed E-state index contributed by atoms with van der Waals surface area (Å²) in [6.07, 6.45) is 2.66. The zero-order chi connectivity index (χ0) is 16.8. The van der Waals surface area contributed by atoms with Crippen LogP contribution in [0.1, 0.15) is 15.9 Å². The highest BCUT2D eigenvalue weighted by Gasteiger charge is 2.07. The van der Waals surface area contributed by atoms with Gasteiger partial charge in [-0.25, -0.2) is 0 Å². The molecule has 0 saturated heterocycles. The molecule has 1 heterocycles. The summed E-state index contributed by atoms with van der Waals surface area (Å²) in [5.74, 6) is -0.439. The molecule has 3 N–H and O–H groups in total. The van der Waals surface area contributed by atoms with Gasteiger partial charge in [-0.2, -0.15) is 0 Å². The summed E-state index contributed by atoms with van der Waals surface area (Å²) < 4.78 is 0. The van der Waals surface area contributed by atoms with Gasteiger partial charge in [-0.15, -0.1) is 0 Å². The van der Waals surface area contributed by atoms with Crippen LogP contribution in [0.25, 0.3) is 10.9 Å². The van der Waals surface area contributed by atoms with Gasteiger partial charge in [0.25, 0.3) is 5.91 Å². The van der Waals surface area contributed by atoms with E-state index < -0.39 is 0 Å². The largest absolute Gasteiger partial charge is 0.361 e. The second-order valence-corrected chi connectivity index (χ2v) is 5.55. The number of H-pyrrole nitrogens is 1. The minimum Gasteiger partial charge on any atom is -0.361 e. The summed E-state index contributed by atoms with van der Waals surface area (Å²) in [5.41, 5.74) is 2.81. The first-order valence-electron chi connectivity index (χ1n) is 7.88. The molecule has 3 rings (SSSR count). The van der Waals surface area contributed by atoms with Gasteiger partial charge in [-0.05, 0) is 47.7 Å². The second kappa shape index (κ2) is 7.46. The summed E-state index contributed by atoms with van der Waals surface area (Å²) in [6.45, 7) is 0.514. The Bertz CT molecular complexity index is 840. The van der Waals surface area contributed by atoms with Gasteiger partial charge in [0, 0.05) is 23.8 Å². The van der Waals surface area contributed by atoms with Crippen LogP contribution in [-0.4, -0.2) is 29.9 Å². The molecule has 0 unspecified atom stereocenters. The molecular formula is C19H19N3O2. The van der Waals surface area contributed by atoms with Crippen molar-refractivity contribution in [3.63, 3.8) is 0 Å². The SMILES string of the molecule is O=C(CNC(=O)c1ccccc1)NCCc1ccc2[nH]ccc2c1. The Morgan fingerprint density at radius 1 is 0.958 bits per heavy atom. The number of amides is 2. The summed E-state index contributed by atoms with van der Waals surface area (Å²) >= 11 is 0. The monoisotopic (exact) mass is 321 g/mol. The van der Waals surface area contributed by atoms with Gasteiger partial charge in [0.1, 0.15) is 0 Å². The van der Waals surface area contributed by atoms with Gasteiger partial charge in [0.15, 0.2) is 0 Å². The number of carbonyl (C=O) groups excluding carboxylic acids is 2. The van der Waals surface area contributed by atoms with Gasteiger partial charge in [0.05, 0.1) is 6.54 Å². The highest BCUT2D eigenvalue weighted by Crippen LogP contribution is 2.14. The second-order valence-electron chi connectivity index (χ2n) is 5.55. The van der Waals surface area contributed by atoms with Gasteiger partial charge >= 0.3 is 0 Å². The number of nitrogens with one attached hydrogen (secondary N) is 3. The lowest BCUT2D eigenvalue weighted by Crippen LogP contribution is -2.37. The Morgan fingerprint density at radius 3 is 2.62 bits per heavy atom. The van der Waals surface area contributed by atoms with E-state index in [0.717, 1.165) is 22.9 Å². The Balaban J connectivity index is 1.41. The van der Waals surface area contributed by atoms with Crippen LogP contribution in [-0.2, 0) is 11.2 Å². The Morgan fingerprint density at radius 2 is 1.79 bits per heavy atom. The van der Waals surface area contributed by atoms with E-state index in [9.17, 15) is 9.59 Å². The van der Waals surface area contributed by atoms with Gasteiger partial charge in [-0.1, -0.05) is 24.3 Å². The Labute approximate surface area is 140 Å². The standard InChI is InChI=1S/C19H19N3O2/c23-18(13-22-19(24)15-4-2-1-3-5-15)21-10-8-14-6-7-17-16(12-14)9-11-20-17/h1-7,9,11-12,20H,8,10,13H2,(H,21,23)(H,22,24). The molecule has 0 aliphatic carbocycles. The molecule has 122 valence electrons. The molecule has 5 nitrogen and oxygen atoms in total. The third kappa shape index (κ3) is 4.01. The van der Waals surface area contributed by atoms with Crippen molar-refractivity contribution in [3.8, 4) is 0 Å². The fraction of sp³-hybridized carbons (Fsp3) is 0.158. The number of hydrogen-bond donors (Lipinski definition) is 3. The maximum atomic E-state index is 11.8. The molecule has 2 aromatic carbocycles. The average Bonchev–Trinajstić information content (AvgIpc) is 3.08. The van der Waals surface area contributed by atoms with E-state index in [0.29, 0.717) is 12.1 Å². The molecule has 24 heavy (non-hydrogen) atoms. The molecule has 0 aliphatic heterocycles. The number of fused-ring (bicyclic) bond motifs is 1. The maximum absolute atomic E-state index is 11.8. The van der Waals surface area contributed by atoms with Crippen LogP contribution in [0.4, 0.5) is 0 Å². The maximum Gasteiger partial charge on any atom is 0.251 e. The molecule has 0 radical (unpaired) electrons. The van der Waals surface area contributed by atoms with Crippen molar-refractivity contribution >= 4 is 22.7 Å². The third-order valence-electron chi connectivity index (χ3n) is 3.80. The lowest BCUT2D eigenvalue weighted by atomic mass is 10.1. The molecule has 0 bridgehead atoms. The molecule has 2 amide bonds. The predicted octanol–water partition coefficient (Wildman–Crippen LogP) is 2.26. The smallest absolute Gasteiger partial charge is 0.251 e. The predicted molar refractivity (Wildman–Crippen MR) is 93.8 cm³/mol. The van der Waals surface area contributed by atoms with E-state index in [1.165, 1.54) is 0 Å². The molecule has 0 atom stereocenters. The van der Waals surface area contributed by atoms with Crippen molar-refractivity contribution < 1.29 is 9.59 Å². The van der Waals surface area contributed by atoms with Gasteiger partial charge in [0.2, 0.25) is 5.91 Å². The third-order valence-corrected chi connectivity index (χ3v) is 3.80. The first kappa shape index (κ1) is 15.8. The summed E-state index contributed by atoms with van der Waals surface area (Å²) in [4.78, 5) is 26.8. The average molecular weight is 321 g/mol. The number of aromatic amines is 1. The first-order valence-corrected chi connectivity index (χ1v) is 7.88. The Kier molecular flexibility index (Phi) is 4.91. The van der Waals surface area contributed by atoms with E-state index in [1.54, 1.807) is 24.3 Å². The lowest BCUT2D eigenvalue weighted by Gasteiger charge is -2.07. The molecule has 1 aromatic heterocycles. The number of rotatable bonds is 6. The van der Waals surface area contributed by atoms with Crippen LogP contribution in [0.5, 0.6) is 0 Å². The zero-order valence-electron chi connectivity index (χ0n) is 13.2. The lowest BCUT2D eigenvalue weighted by molar-refractivity contribution is -0.120. The molecule has 0 saturated carbocycles. The fourth-order valence-electron chi connectivity index (χ4n) is 2.52. The van der Waals surface area contributed by atoms with Crippen LogP contribution < -0.4 is 10.6 Å². The normalized spacial score (nSPS) is 10.5. The van der Waals surface area contributed by atoms with Crippen molar-refractivity contribution in [1.82, 2.24) is 15.6 Å². The van der Waals surface area contributed by atoms with Crippen LogP contribution in [0.2, 0.25) is 0 Å². The minimum absolute atomic E-state index is 0.0232. The number of aromatic nitrogens is 1. The molecule has 0 fully saturated rings. The molecule has 3 aromatic rings. The van der Waals surface area contributed by atoms with E-state index in [4.69, 9.17) is 0 Å². The molecule has 0 aliphatic rings. The van der Waals surface area contributed by atoms with E-state index in [2.05, 4.69) is 21.7 Å². The van der Waals surface area contributed by atoms with Gasteiger partial charge in [-0.3, -0.25) is 9.59 Å². The van der Waals surface area contributed by atoms with Crippen LogP contribution in [0, 0.1) is 0 Å². The topological polar surface area (TPSA) is 74.0 Å². The fourth-order valence-corrected chi connectivity index (χ4v) is 2.52. The van der Waals surface area contributed by atoms with E-state index in [1.807, 2.05) is 30.5 Å². The quantitative estimate of drug-likeness (QED) is 0.651.